The van der Waals surface area contributed by atoms with Crippen LogP contribution in [0.15, 0.2) is 24.3 Å². The number of thiazole rings is 1. The third-order valence-electron chi connectivity index (χ3n) is 2.56. The lowest BCUT2D eigenvalue weighted by molar-refractivity contribution is 0.628. The molecular weight excluding hydrogens is 247 g/mol. The van der Waals surface area contributed by atoms with Gasteiger partial charge < -0.3 is 5.32 Å². The number of halogens is 1. The van der Waals surface area contributed by atoms with E-state index in [0.29, 0.717) is 5.92 Å². The first-order chi connectivity index (χ1) is 8.56. The molecule has 0 unspecified atom stereocenters. The SMILES string of the molecule is Cc1sc(NCC(C)C)nc1-c1cccc(F)c1. The van der Waals surface area contributed by atoms with Crippen LogP contribution in [0.25, 0.3) is 11.3 Å². The molecule has 0 aliphatic heterocycles. The van der Waals surface area contributed by atoms with Gasteiger partial charge in [0.15, 0.2) is 5.13 Å². The summed E-state index contributed by atoms with van der Waals surface area (Å²) in [6.45, 7) is 7.22. The molecule has 96 valence electrons. The van der Waals surface area contributed by atoms with Gasteiger partial charge in [-0.25, -0.2) is 9.37 Å². The normalized spacial score (nSPS) is 10.9. The molecule has 0 spiro atoms. The summed E-state index contributed by atoms with van der Waals surface area (Å²) >= 11 is 1.61. The lowest BCUT2D eigenvalue weighted by Crippen LogP contribution is -2.07. The molecule has 2 aromatic rings. The highest BCUT2D eigenvalue weighted by Gasteiger charge is 2.10. The molecule has 0 bridgehead atoms. The second-order valence-corrected chi connectivity index (χ2v) is 5.91. The molecule has 1 N–H and O–H groups in total. The standard InChI is InChI=1S/C14H17FN2S/c1-9(2)8-16-14-17-13(10(3)18-14)11-5-4-6-12(15)7-11/h4-7,9H,8H2,1-3H3,(H,16,17). The zero-order valence-electron chi connectivity index (χ0n) is 10.8. The van der Waals surface area contributed by atoms with Crippen molar-refractivity contribution in [1.29, 1.82) is 0 Å². The second kappa shape index (κ2) is 5.48. The van der Waals surface area contributed by atoms with Gasteiger partial charge in [0.1, 0.15) is 5.82 Å². The van der Waals surface area contributed by atoms with Crippen LogP contribution < -0.4 is 5.32 Å². The molecule has 0 saturated heterocycles. The first kappa shape index (κ1) is 13.0. The summed E-state index contributed by atoms with van der Waals surface area (Å²) in [6, 6.07) is 6.57. The molecule has 0 atom stereocenters. The van der Waals surface area contributed by atoms with Crippen molar-refractivity contribution in [3.63, 3.8) is 0 Å². The van der Waals surface area contributed by atoms with E-state index in [1.165, 1.54) is 12.1 Å². The minimum Gasteiger partial charge on any atom is -0.361 e. The first-order valence-electron chi connectivity index (χ1n) is 6.03. The van der Waals surface area contributed by atoms with E-state index in [4.69, 9.17) is 0 Å². The number of benzene rings is 1. The minimum absolute atomic E-state index is 0.225. The Balaban J connectivity index is 2.24. The zero-order chi connectivity index (χ0) is 13.1. The van der Waals surface area contributed by atoms with E-state index in [1.807, 2.05) is 13.0 Å². The summed E-state index contributed by atoms with van der Waals surface area (Å²) in [5, 5.41) is 4.21. The predicted molar refractivity (Wildman–Crippen MR) is 75.6 cm³/mol. The van der Waals surface area contributed by atoms with E-state index in [0.717, 1.165) is 27.8 Å². The number of aromatic nitrogens is 1. The van der Waals surface area contributed by atoms with Gasteiger partial charge in [-0.05, 0) is 25.0 Å². The molecule has 0 amide bonds. The molecule has 0 aliphatic rings. The molecule has 1 aromatic carbocycles. The van der Waals surface area contributed by atoms with Gasteiger partial charge in [0, 0.05) is 17.0 Å². The van der Waals surface area contributed by atoms with E-state index < -0.39 is 0 Å². The molecule has 4 heteroatoms. The van der Waals surface area contributed by atoms with E-state index in [1.54, 1.807) is 17.4 Å². The maximum atomic E-state index is 13.2. The fraction of sp³-hybridized carbons (Fsp3) is 0.357. The van der Waals surface area contributed by atoms with Gasteiger partial charge in [-0.15, -0.1) is 11.3 Å². The molecule has 2 rings (SSSR count). The Labute approximate surface area is 111 Å². The largest absolute Gasteiger partial charge is 0.361 e. The van der Waals surface area contributed by atoms with E-state index in [9.17, 15) is 4.39 Å². The minimum atomic E-state index is -0.225. The van der Waals surface area contributed by atoms with E-state index in [-0.39, 0.29) is 5.82 Å². The van der Waals surface area contributed by atoms with Crippen molar-refractivity contribution < 1.29 is 4.39 Å². The molecule has 0 radical (unpaired) electrons. The van der Waals surface area contributed by atoms with Crippen LogP contribution in [0.5, 0.6) is 0 Å². The molecule has 1 heterocycles. The van der Waals surface area contributed by atoms with Crippen molar-refractivity contribution in [1.82, 2.24) is 4.98 Å². The van der Waals surface area contributed by atoms with Crippen molar-refractivity contribution in [2.24, 2.45) is 5.92 Å². The number of aryl methyl sites for hydroxylation is 1. The number of nitrogens with zero attached hydrogens (tertiary/aromatic N) is 1. The fourth-order valence-corrected chi connectivity index (χ4v) is 2.51. The lowest BCUT2D eigenvalue weighted by atomic mass is 10.1. The fourth-order valence-electron chi connectivity index (χ4n) is 1.67. The highest BCUT2D eigenvalue weighted by molar-refractivity contribution is 7.16. The molecular formula is C14H17FN2S. The smallest absolute Gasteiger partial charge is 0.183 e. The van der Waals surface area contributed by atoms with Crippen LogP contribution in [-0.2, 0) is 0 Å². The van der Waals surface area contributed by atoms with Crippen LogP contribution in [0.2, 0.25) is 0 Å². The summed E-state index contributed by atoms with van der Waals surface area (Å²) in [5.74, 6) is 0.350. The summed E-state index contributed by atoms with van der Waals surface area (Å²) < 4.78 is 13.2. The Morgan fingerprint density at radius 3 is 2.83 bits per heavy atom. The van der Waals surface area contributed by atoms with Crippen LogP contribution in [0.3, 0.4) is 0 Å². The van der Waals surface area contributed by atoms with Gasteiger partial charge in [-0.1, -0.05) is 26.0 Å². The molecule has 2 nitrogen and oxygen atoms in total. The Morgan fingerprint density at radius 2 is 2.17 bits per heavy atom. The van der Waals surface area contributed by atoms with Crippen molar-refractivity contribution in [3.05, 3.63) is 35.0 Å². The Kier molecular flexibility index (Phi) is 3.97. The zero-order valence-corrected chi connectivity index (χ0v) is 11.6. The van der Waals surface area contributed by atoms with Crippen molar-refractivity contribution in [3.8, 4) is 11.3 Å². The van der Waals surface area contributed by atoms with Crippen LogP contribution in [0.4, 0.5) is 9.52 Å². The van der Waals surface area contributed by atoms with Crippen molar-refractivity contribution in [2.75, 3.05) is 11.9 Å². The van der Waals surface area contributed by atoms with Crippen molar-refractivity contribution in [2.45, 2.75) is 20.8 Å². The topological polar surface area (TPSA) is 24.9 Å². The van der Waals surface area contributed by atoms with Crippen LogP contribution in [-0.4, -0.2) is 11.5 Å². The molecule has 18 heavy (non-hydrogen) atoms. The predicted octanol–water partition coefficient (Wildman–Crippen LogP) is 4.33. The first-order valence-corrected chi connectivity index (χ1v) is 6.85. The summed E-state index contributed by atoms with van der Waals surface area (Å²) in [6.07, 6.45) is 0. The third-order valence-corrected chi connectivity index (χ3v) is 3.48. The summed E-state index contributed by atoms with van der Waals surface area (Å²) in [7, 11) is 0. The Bertz CT molecular complexity index is 534. The van der Waals surface area contributed by atoms with Gasteiger partial charge >= 0.3 is 0 Å². The summed E-state index contributed by atoms with van der Waals surface area (Å²) in [5.41, 5.74) is 1.70. The maximum absolute atomic E-state index is 13.2. The van der Waals surface area contributed by atoms with Gasteiger partial charge in [-0.2, -0.15) is 0 Å². The van der Waals surface area contributed by atoms with Crippen molar-refractivity contribution >= 4 is 16.5 Å². The highest BCUT2D eigenvalue weighted by atomic mass is 32.1. The lowest BCUT2D eigenvalue weighted by Gasteiger charge is -2.04. The van der Waals surface area contributed by atoms with Gasteiger partial charge in [0.25, 0.3) is 0 Å². The highest BCUT2D eigenvalue weighted by Crippen LogP contribution is 2.30. The maximum Gasteiger partial charge on any atom is 0.183 e. The van der Waals surface area contributed by atoms with Gasteiger partial charge in [0.2, 0.25) is 0 Å². The van der Waals surface area contributed by atoms with E-state index >= 15 is 0 Å². The number of hydrogen-bond donors (Lipinski definition) is 1. The van der Waals surface area contributed by atoms with Crippen LogP contribution >= 0.6 is 11.3 Å². The van der Waals surface area contributed by atoms with Gasteiger partial charge in [0.05, 0.1) is 5.69 Å². The quantitative estimate of drug-likeness (QED) is 0.889. The van der Waals surface area contributed by atoms with Crippen LogP contribution in [0.1, 0.15) is 18.7 Å². The summed E-state index contributed by atoms with van der Waals surface area (Å²) in [4.78, 5) is 5.64. The van der Waals surface area contributed by atoms with Crippen LogP contribution in [0, 0.1) is 18.7 Å². The van der Waals surface area contributed by atoms with Gasteiger partial charge in [-0.3, -0.25) is 0 Å². The number of hydrogen-bond acceptors (Lipinski definition) is 3. The average Bonchev–Trinajstić information content (AvgIpc) is 2.68. The van der Waals surface area contributed by atoms with E-state index in [2.05, 4.69) is 24.1 Å². The second-order valence-electron chi connectivity index (χ2n) is 4.71. The number of anilines is 1. The number of rotatable bonds is 4. The molecule has 1 aromatic heterocycles. The molecule has 0 saturated carbocycles. The molecule has 0 aliphatic carbocycles. The average molecular weight is 264 g/mol. The third kappa shape index (κ3) is 3.07. The number of nitrogens with one attached hydrogen (secondary N) is 1. The Morgan fingerprint density at radius 1 is 1.39 bits per heavy atom. The Hall–Kier alpha value is -1.42. The molecule has 0 fully saturated rings. The monoisotopic (exact) mass is 264 g/mol.